The van der Waals surface area contributed by atoms with Crippen LogP contribution in [0.1, 0.15) is 43.7 Å². The molecule has 1 spiro atoms. The number of aliphatic hydroxyl groups is 1. The van der Waals surface area contributed by atoms with Gasteiger partial charge in [-0.15, -0.1) is 11.6 Å². The fraction of sp³-hybridized carbons (Fsp3) is 0.619. The number of carbonyl (C=O) groups excluding carboxylic acids is 2. The second kappa shape index (κ2) is 7.06. The molecule has 7 nitrogen and oxygen atoms in total. The highest BCUT2D eigenvalue weighted by molar-refractivity contribution is 6.17. The molecular weight excluding hydrogens is 398 g/mol. The Kier molecular flexibility index (Phi) is 4.94. The van der Waals surface area contributed by atoms with E-state index in [-0.39, 0.29) is 36.7 Å². The number of carbonyl (C=O) groups is 2. The van der Waals surface area contributed by atoms with Gasteiger partial charge in [0.1, 0.15) is 0 Å². The summed E-state index contributed by atoms with van der Waals surface area (Å²) in [5.41, 5.74) is -0.870. The normalized spacial score (nSPS) is 32.8. The fourth-order valence-electron chi connectivity index (χ4n) is 5.49. The molecule has 1 aliphatic carbocycles. The first kappa shape index (κ1) is 20.3. The molecular formula is C21H26ClNO6. The van der Waals surface area contributed by atoms with Gasteiger partial charge in [0.05, 0.1) is 23.7 Å². The third-order valence-electron chi connectivity index (χ3n) is 6.94. The highest BCUT2D eigenvalue weighted by Crippen LogP contribution is 2.61. The van der Waals surface area contributed by atoms with Crippen molar-refractivity contribution in [3.05, 3.63) is 23.3 Å². The molecule has 29 heavy (non-hydrogen) atoms. The summed E-state index contributed by atoms with van der Waals surface area (Å²) in [6.45, 7) is 4.20. The number of amides is 1. The van der Waals surface area contributed by atoms with E-state index in [1.165, 1.54) is 4.90 Å². The number of alkyl halides is 1. The van der Waals surface area contributed by atoms with Gasteiger partial charge < -0.3 is 24.6 Å². The minimum absolute atomic E-state index is 0.0416. The van der Waals surface area contributed by atoms with Gasteiger partial charge in [0.2, 0.25) is 0 Å². The van der Waals surface area contributed by atoms with Gasteiger partial charge in [0.25, 0.3) is 0 Å². The minimum atomic E-state index is -1.39. The van der Waals surface area contributed by atoms with Crippen LogP contribution in [0.3, 0.4) is 0 Å². The van der Waals surface area contributed by atoms with E-state index in [9.17, 15) is 19.8 Å². The van der Waals surface area contributed by atoms with Gasteiger partial charge >= 0.3 is 6.09 Å². The van der Waals surface area contributed by atoms with E-state index in [4.69, 9.17) is 21.1 Å². The number of likely N-dealkylation sites (tertiary alicyclic amines) is 1. The summed E-state index contributed by atoms with van der Waals surface area (Å²) in [4.78, 5) is 27.0. The molecule has 4 atom stereocenters. The Bertz CT molecular complexity index is 860. The molecule has 0 bridgehead atoms. The van der Waals surface area contributed by atoms with Gasteiger partial charge in [0.15, 0.2) is 23.4 Å². The Hall–Kier alpha value is -1.99. The maximum absolute atomic E-state index is 12.8. The van der Waals surface area contributed by atoms with E-state index >= 15 is 0 Å². The molecule has 0 radical (unpaired) electrons. The third-order valence-corrected chi connectivity index (χ3v) is 7.20. The van der Waals surface area contributed by atoms with E-state index in [2.05, 4.69) is 0 Å². The second-order valence-corrected chi connectivity index (χ2v) is 8.62. The zero-order valence-electron chi connectivity index (χ0n) is 16.6. The van der Waals surface area contributed by atoms with Crippen molar-refractivity contribution < 1.29 is 29.3 Å². The molecule has 0 aromatic heterocycles. The zero-order chi connectivity index (χ0) is 21.0. The molecule has 2 aliphatic heterocycles. The van der Waals surface area contributed by atoms with Crippen molar-refractivity contribution in [2.75, 3.05) is 19.0 Å². The number of phenolic OH excluding ortho intramolecular Hbond substituents is 1. The Morgan fingerprint density at radius 1 is 1.41 bits per heavy atom. The average molecular weight is 424 g/mol. The number of hydrogen-bond donors (Lipinski definition) is 2. The van der Waals surface area contributed by atoms with Crippen molar-refractivity contribution in [1.82, 2.24) is 4.90 Å². The maximum atomic E-state index is 12.8. The molecule has 3 aliphatic rings. The number of benzene rings is 1. The summed E-state index contributed by atoms with van der Waals surface area (Å²) in [7, 11) is 0. The van der Waals surface area contributed by atoms with Crippen LogP contribution in [0.25, 0.3) is 0 Å². The fourth-order valence-corrected chi connectivity index (χ4v) is 5.60. The highest BCUT2D eigenvalue weighted by atomic mass is 35.5. The number of hydrogen-bond acceptors (Lipinski definition) is 6. The summed E-state index contributed by atoms with van der Waals surface area (Å²) in [5.74, 6) is 0.542. The van der Waals surface area contributed by atoms with E-state index in [0.29, 0.717) is 30.8 Å². The first-order chi connectivity index (χ1) is 13.8. The highest BCUT2D eigenvalue weighted by Gasteiger charge is 2.71. The molecule has 1 unspecified atom stereocenters. The molecule has 1 amide bonds. The van der Waals surface area contributed by atoms with Crippen LogP contribution >= 0.6 is 11.6 Å². The van der Waals surface area contributed by atoms with Crippen LogP contribution in [0.15, 0.2) is 12.1 Å². The Labute approximate surface area is 174 Å². The van der Waals surface area contributed by atoms with Crippen molar-refractivity contribution in [2.45, 2.75) is 62.7 Å². The summed E-state index contributed by atoms with van der Waals surface area (Å²) in [5, 5.41) is 22.4. The molecule has 158 valence electrons. The van der Waals surface area contributed by atoms with Gasteiger partial charge in [-0.2, -0.15) is 0 Å². The third kappa shape index (κ3) is 2.66. The number of nitrogens with zero attached hydrogens (tertiary/aromatic N) is 1. The van der Waals surface area contributed by atoms with E-state index < -0.39 is 29.3 Å². The van der Waals surface area contributed by atoms with Crippen LogP contribution < -0.4 is 4.74 Å². The van der Waals surface area contributed by atoms with Crippen molar-refractivity contribution in [2.24, 2.45) is 0 Å². The summed E-state index contributed by atoms with van der Waals surface area (Å²) in [6.07, 6.45) is -0.110. The van der Waals surface area contributed by atoms with Crippen molar-refractivity contribution in [1.29, 1.82) is 0 Å². The summed E-state index contributed by atoms with van der Waals surface area (Å²) >= 11 is 5.65. The van der Waals surface area contributed by atoms with Crippen molar-refractivity contribution in [3.8, 4) is 11.5 Å². The Morgan fingerprint density at radius 2 is 2.17 bits per heavy atom. The van der Waals surface area contributed by atoms with Crippen LogP contribution in [0.4, 0.5) is 4.79 Å². The number of ketones is 1. The number of rotatable bonds is 3. The molecule has 1 saturated carbocycles. The van der Waals surface area contributed by atoms with Crippen LogP contribution in [-0.2, 0) is 14.9 Å². The topological polar surface area (TPSA) is 96.3 Å². The van der Waals surface area contributed by atoms with Crippen LogP contribution in [-0.4, -0.2) is 63.8 Å². The molecule has 2 N–H and O–H groups in total. The van der Waals surface area contributed by atoms with Crippen LogP contribution in [0.2, 0.25) is 0 Å². The SMILES string of the molecule is Cc1ccc(O)c2c1[C@]13CCN(C(=O)OCCCCl)[C@H](C)C1(O)CCC(=O)[C@@H]3O2. The molecule has 2 heterocycles. The number of aryl methyl sites for hydroxylation is 1. The van der Waals surface area contributed by atoms with Crippen molar-refractivity contribution >= 4 is 23.5 Å². The largest absolute Gasteiger partial charge is 0.504 e. The van der Waals surface area contributed by atoms with Gasteiger partial charge in [0, 0.05) is 24.4 Å². The van der Waals surface area contributed by atoms with Gasteiger partial charge in [-0.25, -0.2) is 4.79 Å². The predicted octanol–water partition coefficient (Wildman–Crippen LogP) is 2.65. The Balaban J connectivity index is 1.77. The summed E-state index contributed by atoms with van der Waals surface area (Å²) in [6, 6.07) is 2.72. The molecule has 2 fully saturated rings. The molecule has 8 heteroatoms. The molecule has 1 aromatic carbocycles. The first-order valence-electron chi connectivity index (χ1n) is 10.0. The van der Waals surface area contributed by atoms with Gasteiger partial charge in [-0.3, -0.25) is 4.79 Å². The lowest BCUT2D eigenvalue weighted by Crippen LogP contribution is -2.74. The number of halogens is 1. The van der Waals surface area contributed by atoms with Crippen LogP contribution in [0, 0.1) is 6.92 Å². The number of Topliss-reactive ketones (excluding diaryl/α,β-unsaturated/α-hetero) is 1. The number of piperidine rings is 1. The maximum Gasteiger partial charge on any atom is 0.410 e. The first-order valence-corrected chi connectivity index (χ1v) is 10.6. The predicted molar refractivity (Wildman–Crippen MR) is 106 cm³/mol. The van der Waals surface area contributed by atoms with E-state index in [0.717, 1.165) is 5.56 Å². The lowest BCUT2D eigenvalue weighted by molar-refractivity contribution is -0.177. The number of ether oxygens (including phenoxy) is 2. The Morgan fingerprint density at radius 3 is 2.90 bits per heavy atom. The minimum Gasteiger partial charge on any atom is -0.504 e. The second-order valence-electron chi connectivity index (χ2n) is 8.24. The lowest BCUT2D eigenvalue weighted by Gasteiger charge is -2.58. The van der Waals surface area contributed by atoms with Crippen molar-refractivity contribution in [3.63, 3.8) is 0 Å². The number of fused-ring (bicyclic) bond motifs is 1. The monoisotopic (exact) mass is 423 g/mol. The molecule has 4 rings (SSSR count). The molecule has 1 saturated heterocycles. The summed E-state index contributed by atoms with van der Waals surface area (Å²) < 4.78 is 11.3. The number of phenols is 1. The quantitative estimate of drug-likeness (QED) is 0.573. The van der Waals surface area contributed by atoms with Gasteiger partial charge in [-0.1, -0.05) is 6.07 Å². The lowest BCUT2D eigenvalue weighted by atomic mass is 9.52. The van der Waals surface area contributed by atoms with E-state index in [1.54, 1.807) is 19.1 Å². The van der Waals surface area contributed by atoms with Gasteiger partial charge in [-0.05, 0) is 44.7 Å². The smallest absolute Gasteiger partial charge is 0.410 e. The van der Waals surface area contributed by atoms with E-state index in [1.807, 2.05) is 6.92 Å². The standard InChI is InChI=1S/C21H26ClNO6/c1-12-4-5-14(24)17-16(12)20-8-10-23(19(26)28-11-3-9-22)13(2)21(20,27)7-6-15(25)18(20)29-17/h4-5,13,18,24,27H,3,6-11H2,1-2H3/t13-,18+,20+,21?/m1/s1. The molecule has 1 aromatic rings. The number of aromatic hydroxyl groups is 1. The zero-order valence-corrected chi connectivity index (χ0v) is 17.4. The average Bonchev–Trinajstić information content (AvgIpc) is 3.06. The van der Waals surface area contributed by atoms with Crippen LogP contribution in [0.5, 0.6) is 11.5 Å².